The molecule has 2 rings (SSSR count). The molecular weight excluding hydrogens is 346 g/mol. The molecular formula is C17H26BrNO3. The van der Waals surface area contributed by atoms with Crippen molar-refractivity contribution in [1.29, 1.82) is 0 Å². The molecule has 0 unspecified atom stereocenters. The van der Waals surface area contributed by atoms with Gasteiger partial charge in [-0.1, -0.05) is 15.9 Å². The summed E-state index contributed by atoms with van der Waals surface area (Å²) in [5.41, 5.74) is 0.913. The van der Waals surface area contributed by atoms with Crippen LogP contribution in [0.3, 0.4) is 0 Å². The highest BCUT2D eigenvalue weighted by atomic mass is 79.9. The van der Waals surface area contributed by atoms with E-state index in [9.17, 15) is 9.90 Å². The molecule has 5 heteroatoms. The van der Waals surface area contributed by atoms with Crippen molar-refractivity contribution in [3.63, 3.8) is 0 Å². The summed E-state index contributed by atoms with van der Waals surface area (Å²) in [7, 11) is 0. The van der Waals surface area contributed by atoms with Gasteiger partial charge >= 0.3 is 0 Å². The quantitative estimate of drug-likeness (QED) is 0.796. The van der Waals surface area contributed by atoms with Crippen LogP contribution in [0.2, 0.25) is 0 Å². The number of phenolic OH excluding ortho intramolecular Hbond substituents is 1. The van der Waals surface area contributed by atoms with Crippen molar-refractivity contribution < 1.29 is 14.6 Å². The third-order valence-electron chi connectivity index (χ3n) is 3.33. The summed E-state index contributed by atoms with van der Waals surface area (Å²) in [5, 5.41) is 12.8. The molecule has 1 heterocycles. The zero-order valence-corrected chi connectivity index (χ0v) is 15.1. The number of aromatic hydroxyl groups is 1. The summed E-state index contributed by atoms with van der Waals surface area (Å²) in [6, 6.07) is 5.69. The van der Waals surface area contributed by atoms with E-state index in [1.54, 1.807) is 6.07 Å². The Kier molecular flexibility index (Phi) is 7.90. The molecule has 0 aromatic heterocycles. The fraction of sp³-hybridized carbons (Fsp3) is 0.588. The van der Waals surface area contributed by atoms with Crippen molar-refractivity contribution in [1.82, 2.24) is 5.32 Å². The number of piperidine rings is 1. The molecule has 1 aromatic rings. The van der Waals surface area contributed by atoms with Crippen molar-refractivity contribution in [2.24, 2.45) is 5.92 Å². The third kappa shape index (κ3) is 8.39. The first-order valence-corrected chi connectivity index (χ1v) is 8.40. The third-order valence-corrected chi connectivity index (χ3v) is 3.78. The van der Waals surface area contributed by atoms with Gasteiger partial charge in [0.25, 0.3) is 6.47 Å². The van der Waals surface area contributed by atoms with Gasteiger partial charge in [0.05, 0.1) is 0 Å². The minimum absolute atomic E-state index is 0.318. The van der Waals surface area contributed by atoms with E-state index in [0.717, 1.165) is 29.9 Å². The van der Waals surface area contributed by atoms with Gasteiger partial charge in [-0.15, -0.1) is 0 Å². The van der Waals surface area contributed by atoms with E-state index in [1.165, 1.54) is 18.4 Å². The molecule has 1 aliphatic heterocycles. The second-order valence-corrected chi connectivity index (χ2v) is 7.46. The minimum atomic E-state index is -0.318. The normalized spacial score (nSPS) is 15.6. The highest BCUT2D eigenvalue weighted by molar-refractivity contribution is 9.10. The smallest absolute Gasteiger partial charge is 0.293 e. The lowest BCUT2D eigenvalue weighted by molar-refractivity contribution is -0.138. The maximum atomic E-state index is 9.60. The van der Waals surface area contributed by atoms with Crippen LogP contribution in [0.25, 0.3) is 0 Å². The average Bonchev–Trinajstić information content (AvgIpc) is 2.37. The van der Waals surface area contributed by atoms with E-state index in [4.69, 9.17) is 0 Å². The minimum Gasteiger partial charge on any atom is -0.508 e. The summed E-state index contributed by atoms with van der Waals surface area (Å²) in [5.74, 6) is 1.12. The fourth-order valence-corrected chi connectivity index (χ4v) is 2.84. The van der Waals surface area contributed by atoms with Crippen LogP contribution in [0, 0.1) is 5.92 Å². The number of hydrogen-bond acceptors (Lipinski definition) is 4. The molecule has 0 bridgehead atoms. The van der Waals surface area contributed by atoms with Crippen LogP contribution < -0.4 is 5.32 Å². The molecule has 0 saturated carbocycles. The maximum Gasteiger partial charge on any atom is 0.293 e. The number of hydrogen-bond donors (Lipinski definition) is 2. The molecule has 1 aliphatic rings. The number of halogens is 1. The lowest BCUT2D eigenvalue weighted by Crippen LogP contribution is -2.28. The Morgan fingerprint density at radius 2 is 1.95 bits per heavy atom. The molecule has 1 aromatic carbocycles. The Morgan fingerprint density at radius 3 is 2.41 bits per heavy atom. The van der Waals surface area contributed by atoms with Gasteiger partial charge in [0.1, 0.15) is 11.4 Å². The Morgan fingerprint density at radius 1 is 1.32 bits per heavy atom. The van der Waals surface area contributed by atoms with Gasteiger partial charge in [-0.25, -0.2) is 0 Å². The van der Waals surface area contributed by atoms with Crippen molar-refractivity contribution in [3.05, 3.63) is 28.2 Å². The van der Waals surface area contributed by atoms with Gasteiger partial charge < -0.3 is 15.2 Å². The molecule has 4 nitrogen and oxygen atoms in total. The van der Waals surface area contributed by atoms with Crippen molar-refractivity contribution >= 4 is 22.4 Å². The molecule has 0 radical (unpaired) electrons. The first kappa shape index (κ1) is 19.0. The highest BCUT2D eigenvalue weighted by Gasteiger charge is 2.13. The second kappa shape index (κ2) is 9.16. The molecule has 0 amide bonds. The Bertz CT molecular complexity index is 445. The Balaban J connectivity index is 0.000000295. The molecule has 0 spiro atoms. The van der Waals surface area contributed by atoms with Crippen LogP contribution in [-0.2, 0) is 16.0 Å². The molecule has 0 atom stereocenters. The number of carbonyl (C=O) groups excluding carboxylic acids is 1. The topological polar surface area (TPSA) is 58.6 Å². The number of rotatable bonds is 3. The SMILES string of the molecule is CC(C)(C)OC=O.Oc1cc(Br)cc(CC2CCNCC2)c1. The monoisotopic (exact) mass is 371 g/mol. The molecule has 1 saturated heterocycles. The zero-order valence-electron chi connectivity index (χ0n) is 13.6. The van der Waals surface area contributed by atoms with E-state index in [2.05, 4.69) is 32.0 Å². The van der Waals surface area contributed by atoms with Crippen molar-refractivity contribution in [3.8, 4) is 5.75 Å². The fourth-order valence-electron chi connectivity index (χ4n) is 2.31. The maximum absolute atomic E-state index is 9.60. The first-order valence-electron chi connectivity index (χ1n) is 7.61. The van der Waals surface area contributed by atoms with E-state index in [0.29, 0.717) is 12.2 Å². The largest absolute Gasteiger partial charge is 0.508 e. The molecule has 1 fully saturated rings. The average molecular weight is 372 g/mol. The van der Waals surface area contributed by atoms with Crippen LogP contribution in [0.15, 0.2) is 22.7 Å². The molecule has 0 aliphatic carbocycles. The summed E-state index contributed by atoms with van der Waals surface area (Å²) < 4.78 is 5.51. The molecule has 2 N–H and O–H groups in total. The predicted octanol–water partition coefficient (Wildman–Crippen LogP) is 3.65. The lowest BCUT2D eigenvalue weighted by Gasteiger charge is -2.22. The van der Waals surface area contributed by atoms with Crippen LogP contribution in [0.5, 0.6) is 5.75 Å². The highest BCUT2D eigenvalue weighted by Crippen LogP contribution is 2.24. The first-order chi connectivity index (χ1) is 10.3. The van der Waals surface area contributed by atoms with Gasteiger partial charge in [-0.05, 0) is 82.8 Å². The summed E-state index contributed by atoms with van der Waals surface area (Å²) >= 11 is 3.41. The van der Waals surface area contributed by atoms with Crippen molar-refractivity contribution in [2.45, 2.75) is 45.6 Å². The predicted molar refractivity (Wildman–Crippen MR) is 92.0 cm³/mol. The van der Waals surface area contributed by atoms with Crippen LogP contribution >= 0.6 is 15.9 Å². The van der Waals surface area contributed by atoms with Gasteiger partial charge in [-0.3, -0.25) is 4.79 Å². The number of phenols is 1. The Hall–Kier alpha value is -1.07. The van der Waals surface area contributed by atoms with E-state index in [-0.39, 0.29) is 5.60 Å². The van der Waals surface area contributed by atoms with E-state index >= 15 is 0 Å². The molecule has 124 valence electrons. The van der Waals surface area contributed by atoms with E-state index in [1.807, 2.05) is 26.8 Å². The van der Waals surface area contributed by atoms with Crippen molar-refractivity contribution in [2.75, 3.05) is 13.1 Å². The lowest BCUT2D eigenvalue weighted by atomic mass is 9.91. The standard InChI is InChI=1S/C12H16BrNO.C5H10O2/c13-11-6-10(7-12(15)8-11)5-9-1-3-14-4-2-9;1-5(2,3)7-4-6/h6-9,14-15H,1-5H2;4H,1-3H3. The zero-order chi connectivity index (χ0) is 16.6. The number of benzene rings is 1. The number of nitrogens with one attached hydrogen (secondary N) is 1. The van der Waals surface area contributed by atoms with Gasteiger partial charge in [-0.2, -0.15) is 0 Å². The second-order valence-electron chi connectivity index (χ2n) is 6.54. The summed E-state index contributed by atoms with van der Waals surface area (Å²) in [6.45, 7) is 8.18. The summed E-state index contributed by atoms with van der Waals surface area (Å²) in [6.07, 6.45) is 3.56. The van der Waals surface area contributed by atoms with Gasteiger partial charge in [0.2, 0.25) is 0 Å². The van der Waals surface area contributed by atoms with Gasteiger partial charge in [0.15, 0.2) is 0 Å². The van der Waals surface area contributed by atoms with E-state index < -0.39 is 0 Å². The van der Waals surface area contributed by atoms with Crippen LogP contribution in [0.4, 0.5) is 0 Å². The van der Waals surface area contributed by atoms with Crippen LogP contribution in [0.1, 0.15) is 39.2 Å². The van der Waals surface area contributed by atoms with Crippen LogP contribution in [-0.4, -0.2) is 30.3 Å². The van der Waals surface area contributed by atoms with Gasteiger partial charge in [0, 0.05) is 4.47 Å². The Labute approximate surface area is 141 Å². The number of carbonyl (C=O) groups is 1. The number of ether oxygens (including phenoxy) is 1. The molecule has 22 heavy (non-hydrogen) atoms. The summed E-state index contributed by atoms with van der Waals surface area (Å²) in [4.78, 5) is 9.60.